The number of unbranched alkanes of at least 4 members (excludes halogenated alkanes) is 1. The van der Waals surface area contributed by atoms with Gasteiger partial charge in [-0.25, -0.2) is 0 Å². The maximum atomic E-state index is 13.5. The monoisotopic (exact) mass is 415 g/mol. The number of methoxy groups -OCH3 is 1. The van der Waals surface area contributed by atoms with E-state index in [0.717, 1.165) is 50.3 Å². The minimum absolute atomic E-state index is 0.138. The standard InChI is InChI=1S/C24H37N3O3/c1-4-5-16-27-22(28)13-12-20(23(27)19-10-6-7-11-21(19)30-3)24(29)25(2)17-18-26-14-8-9-15-26/h6-7,10-11,20,23H,4-5,8-9,12-18H2,1-3H3. The van der Waals surface area contributed by atoms with E-state index in [4.69, 9.17) is 4.74 Å². The molecule has 2 unspecified atom stereocenters. The van der Waals surface area contributed by atoms with Crippen molar-refractivity contribution in [3.8, 4) is 5.75 Å². The zero-order chi connectivity index (χ0) is 21.5. The van der Waals surface area contributed by atoms with Crippen LogP contribution >= 0.6 is 0 Å². The van der Waals surface area contributed by atoms with Crippen molar-refractivity contribution in [3.05, 3.63) is 29.8 Å². The highest BCUT2D eigenvalue weighted by molar-refractivity contribution is 5.85. The first-order valence-electron chi connectivity index (χ1n) is 11.5. The molecule has 1 aromatic carbocycles. The van der Waals surface area contributed by atoms with Crippen LogP contribution in [0.15, 0.2) is 24.3 Å². The molecule has 2 aliphatic heterocycles. The number of likely N-dealkylation sites (N-methyl/N-ethyl adjacent to an activating group) is 1. The van der Waals surface area contributed by atoms with Crippen LogP contribution in [0.25, 0.3) is 0 Å². The maximum absolute atomic E-state index is 13.5. The predicted molar refractivity (Wildman–Crippen MR) is 118 cm³/mol. The Balaban J connectivity index is 1.83. The molecule has 6 heteroatoms. The Kier molecular flexibility index (Phi) is 8.14. The fraction of sp³-hybridized carbons (Fsp3) is 0.667. The molecule has 166 valence electrons. The first-order chi connectivity index (χ1) is 14.6. The van der Waals surface area contributed by atoms with Gasteiger partial charge in [0, 0.05) is 38.7 Å². The van der Waals surface area contributed by atoms with Crippen molar-refractivity contribution in [2.24, 2.45) is 5.92 Å². The third-order valence-electron chi connectivity index (χ3n) is 6.56. The molecule has 0 aliphatic carbocycles. The summed E-state index contributed by atoms with van der Waals surface area (Å²) in [6.07, 6.45) is 5.48. The number of hydrogen-bond donors (Lipinski definition) is 0. The second-order valence-corrected chi connectivity index (χ2v) is 8.58. The average Bonchev–Trinajstić information content (AvgIpc) is 3.29. The predicted octanol–water partition coefficient (Wildman–Crippen LogP) is 3.33. The van der Waals surface area contributed by atoms with Crippen LogP contribution < -0.4 is 4.74 Å². The highest BCUT2D eigenvalue weighted by Crippen LogP contribution is 2.41. The lowest BCUT2D eigenvalue weighted by Gasteiger charge is -2.42. The number of rotatable bonds is 9. The third-order valence-corrected chi connectivity index (χ3v) is 6.56. The number of carbonyl (C=O) groups is 2. The van der Waals surface area contributed by atoms with Gasteiger partial charge in [-0.2, -0.15) is 0 Å². The summed E-state index contributed by atoms with van der Waals surface area (Å²) in [5.74, 6) is 0.790. The molecule has 0 saturated carbocycles. The van der Waals surface area contributed by atoms with Crippen LogP contribution in [-0.2, 0) is 9.59 Å². The lowest BCUT2D eigenvalue weighted by atomic mass is 9.82. The molecule has 1 aromatic rings. The molecule has 3 rings (SSSR count). The Morgan fingerprint density at radius 1 is 1.20 bits per heavy atom. The second-order valence-electron chi connectivity index (χ2n) is 8.58. The van der Waals surface area contributed by atoms with Crippen LogP contribution in [0.3, 0.4) is 0 Å². The van der Waals surface area contributed by atoms with Crippen molar-refractivity contribution in [1.29, 1.82) is 0 Å². The van der Waals surface area contributed by atoms with Gasteiger partial charge in [-0.3, -0.25) is 9.59 Å². The summed E-state index contributed by atoms with van der Waals surface area (Å²) in [4.78, 5) is 32.7. The summed E-state index contributed by atoms with van der Waals surface area (Å²) in [6, 6.07) is 7.56. The van der Waals surface area contributed by atoms with E-state index in [1.807, 2.05) is 41.1 Å². The van der Waals surface area contributed by atoms with Gasteiger partial charge in [0.05, 0.1) is 19.1 Å². The molecule has 2 heterocycles. The molecule has 30 heavy (non-hydrogen) atoms. The second kappa shape index (κ2) is 10.8. The third kappa shape index (κ3) is 5.15. The summed E-state index contributed by atoms with van der Waals surface area (Å²) in [7, 11) is 3.56. The molecule has 2 aliphatic rings. The quantitative estimate of drug-likeness (QED) is 0.621. The Hall–Kier alpha value is -2.08. The van der Waals surface area contributed by atoms with Gasteiger partial charge in [0.25, 0.3) is 0 Å². The molecule has 0 radical (unpaired) electrons. The van der Waals surface area contributed by atoms with Gasteiger partial charge >= 0.3 is 0 Å². The van der Waals surface area contributed by atoms with Crippen LogP contribution in [0.1, 0.15) is 57.1 Å². The maximum Gasteiger partial charge on any atom is 0.227 e. The molecular formula is C24H37N3O3. The Morgan fingerprint density at radius 3 is 2.63 bits per heavy atom. The number of piperidine rings is 1. The van der Waals surface area contributed by atoms with Gasteiger partial charge < -0.3 is 19.4 Å². The van der Waals surface area contributed by atoms with E-state index in [9.17, 15) is 9.59 Å². The van der Waals surface area contributed by atoms with Crippen molar-refractivity contribution in [3.63, 3.8) is 0 Å². The van der Waals surface area contributed by atoms with E-state index >= 15 is 0 Å². The SMILES string of the molecule is CCCCN1C(=O)CCC(C(=O)N(C)CCN2CCCC2)C1c1ccccc1OC. The first kappa shape index (κ1) is 22.6. The molecule has 0 bridgehead atoms. The summed E-state index contributed by atoms with van der Waals surface area (Å²) in [6.45, 7) is 6.73. The van der Waals surface area contributed by atoms with Gasteiger partial charge in [-0.15, -0.1) is 0 Å². The number of benzene rings is 1. The van der Waals surface area contributed by atoms with Crippen LogP contribution in [-0.4, -0.2) is 73.4 Å². The van der Waals surface area contributed by atoms with Crippen molar-refractivity contribution < 1.29 is 14.3 Å². The topological polar surface area (TPSA) is 53.1 Å². The fourth-order valence-electron chi connectivity index (χ4n) is 4.79. The minimum Gasteiger partial charge on any atom is -0.496 e. The molecule has 0 aromatic heterocycles. The Bertz CT molecular complexity index is 717. The number of amides is 2. The largest absolute Gasteiger partial charge is 0.496 e. The minimum atomic E-state index is -0.268. The molecule has 6 nitrogen and oxygen atoms in total. The zero-order valence-corrected chi connectivity index (χ0v) is 18.8. The lowest BCUT2D eigenvalue weighted by Crippen LogP contribution is -2.49. The van der Waals surface area contributed by atoms with Crippen LogP contribution in [0.5, 0.6) is 5.75 Å². The summed E-state index contributed by atoms with van der Waals surface area (Å²) in [5.41, 5.74) is 0.940. The number of carbonyl (C=O) groups excluding carboxylic acids is 2. The molecule has 0 N–H and O–H groups in total. The lowest BCUT2D eigenvalue weighted by molar-refractivity contribution is -0.147. The van der Waals surface area contributed by atoms with Crippen LogP contribution in [0.2, 0.25) is 0 Å². The molecule has 0 spiro atoms. The molecule has 2 atom stereocenters. The number of hydrogen-bond acceptors (Lipinski definition) is 4. The molecule has 2 fully saturated rings. The van der Waals surface area contributed by atoms with E-state index < -0.39 is 0 Å². The highest BCUT2D eigenvalue weighted by atomic mass is 16.5. The van der Waals surface area contributed by atoms with Gasteiger partial charge in [0.1, 0.15) is 5.75 Å². The van der Waals surface area contributed by atoms with Gasteiger partial charge in [0.15, 0.2) is 0 Å². The zero-order valence-electron chi connectivity index (χ0n) is 18.8. The number of ether oxygens (including phenoxy) is 1. The van der Waals surface area contributed by atoms with Crippen molar-refractivity contribution >= 4 is 11.8 Å². The molecule has 2 saturated heterocycles. The van der Waals surface area contributed by atoms with Crippen LogP contribution in [0.4, 0.5) is 0 Å². The van der Waals surface area contributed by atoms with Crippen LogP contribution in [0, 0.1) is 5.92 Å². The normalized spacial score (nSPS) is 22.4. The summed E-state index contributed by atoms with van der Waals surface area (Å²) < 4.78 is 5.62. The first-order valence-corrected chi connectivity index (χ1v) is 11.5. The molecular weight excluding hydrogens is 378 g/mol. The van der Waals surface area contributed by atoms with Crippen molar-refractivity contribution in [1.82, 2.24) is 14.7 Å². The highest BCUT2D eigenvalue weighted by Gasteiger charge is 2.42. The number of para-hydroxylation sites is 1. The van der Waals surface area contributed by atoms with Gasteiger partial charge in [-0.05, 0) is 44.8 Å². The van der Waals surface area contributed by atoms with Gasteiger partial charge in [0.2, 0.25) is 11.8 Å². The van der Waals surface area contributed by atoms with E-state index in [1.54, 1.807) is 7.11 Å². The van der Waals surface area contributed by atoms with Gasteiger partial charge in [-0.1, -0.05) is 31.5 Å². The van der Waals surface area contributed by atoms with Crippen molar-refractivity contribution in [2.75, 3.05) is 46.9 Å². The van der Waals surface area contributed by atoms with E-state index in [2.05, 4.69) is 11.8 Å². The fourth-order valence-corrected chi connectivity index (χ4v) is 4.79. The molecule has 2 amide bonds. The van der Waals surface area contributed by atoms with E-state index in [1.165, 1.54) is 12.8 Å². The smallest absolute Gasteiger partial charge is 0.227 e. The Morgan fingerprint density at radius 2 is 1.93 bits per heavy atom. The number of likely N-dealkylation sites (tertiary alicyclic amines) is 2. The average molecular weight is 416 g/mol. The van der Waals surface area contributed by atoms with E-state index in [0.29, 0.717) is 19.4 Å². The Labute approximate surface area is 181 Å². The van der Waals surface area contributed by atoms with Crippen molar-refractivity contribution in [2.45, 2.75) is 51.5 Å². The summed E-state index contributed by atoms with van der Waals surface area (Å²) in [5, 5.41) is 0. The number of nitrogens with zero attached hydrogens (tertiary/aromatic N) is 3. The van der Waals surface area contributed by atoms with E-state index in [-0.39, 0.29) is 23.8 Å². The summed E-state index contributed by atoms with van der Waals surface area (Å²) >= 11 is 0.